The predicted molar refractivity (Wildman–Crippen MR) is 125 cm³/mol. The first-order chi connectivity index (χ1) is 15.6. The highest BCUT2D eigenvalue weighted by Crippen LogP contribution is 2.44. The van der Waals surface area contributed by atoms with E-state index in [0.29, 0.717) is 12.5 Å². The van der Waals surface area contributed by atoms with Crippen LogP contribution in [-0.4, -0.2) is 44.7 Å². The summed E-state index contributed by atoms with van der Waals surface area (Å²) in [6, 6.07) is 5.80. The maximum Gasteiger partial charge on any atom is 0.222 e. The largest absolute Gasteiger partial charge is 0.506 e. The van der Waals surface area contributed by atoms with Gasteiger partial charge in [0.05, 0.1) is 30.6 Å². The molecule has 1 saturated heterocycles. The third kappa shape index (κ3) is 4.48. The number of piperidine rings is 1. The number of aromatic nitrogens is 3. The first-order valence-corrected chi connectivity index (χ1v) is 12.1. The van der Waals surface area contributed by atoms with Crippen LogP contribution >= 0.6 is 11.3 Å². The maximum absolute atomic E-state index is 9.32. The average Bonchev–Trinajstić information content (AvgIpc) is 3.26. The Morgan fingerprint density at radius 2 is 1.97 bits per heavy atom. The normalized spacial score (nSPS) is 17.9. The molecule has 0 saturated carbocycles. The molecule has 8 heteroatoms. The predicted octanol–water partition coefficient (Wildman–Crippen LogP) is 3.88. The quantitative estimate of drug-likeness (QED) is 0.588. The van der Waals surface area contributed by atoms with E-state index < -0.39 is 0 Å². The summed E-state index contributed by atoms with van der Waals surface area (Å²) in [4.78, 5) is 18.6. The van der Waals surface area contributed by atoms with Crippen molar-refractivity contribution in [3.8, 4) is 5.75 Å². The number of anilines is 1. The highest BCUT2D eigenvalue weighted by atomic mass is 32.1. The third-order valence-electron chi connectivity index (χ3n) is 6.42. The smallest absolute Gasteiger partial charge is 0.222 e. The van der Waals surface area contributed by atoms with E-state index in [1.54, 1.807) is 17.0 Å². The molecule has 0 atom stereocenters. The molecule has 0 bridgehead atoms. The monoisotopic (exact) mass is 451 g/mol. The van der Waals surface area contributed by atoms with Crippen LogP contribution in [0, 0.1) is 0 Å². The van der Waals surface area contributed by atoms with Crippen molar-refractivity contribution in [1.29, 1.82) is 0 Å². The standard InChI is InChI=1S/C24H29N5O2S/c1-2-20-11-21-22(32-20)5-10-31-24(21)6-8-29(9-7-24)16-17-12-26-23(27-13-17)28-14-18-3-4-19(30)15-25-18/h3-4,11-13,15,30H,2,5-10,14,16H2,1H3,(H,26,27,28). The number of likely N-dealkylation sites (tertiary alicyclic amines) is 1. The Morgan fingerprint density at radius 1 is 1.16 bits per heavy atom. The van der Waals surface area contributed by atoms with Crippen molar-refractivity contribution in [2.24, 2.45) is 0 Å². The summed E-state index contributed by atoms with van der Waals surface area (Å²) in [5.74, 6) is 0.739. The molecule has 168 valence electrons. The van der Waals surface area contributed by atoms with E-state index in [9.17, 15) is 5.11 Å². The lowest BCUT2D eigenvalue weighted by Gasteiger charge is -2.44. The maximum atomic E-state index is 9.32. The van der Waals surface area contributed by atoms with Crippen molar-refractivity contribution in [2.45, 2.75) is 51.3 Å². The second-order valence-corrected chi connectivity index (χ2v) is 9.77. The minimum atomic E-state index is -0.0828. The SMILES string of the molecule is CCc1cc2c(s1)CCOC21CCN(Cc2cnc(NCc3ccc(O)cn3)nc2)CC1. The zero-order chi connectivity index (χ0) is 22.0. The fourth-order valence-corrected chi connectivity index (χ4v) is 5.79. The van der Waals surface area contributed by atoms with Crippen molar-refractivity contribution in [3.63, 3.8) is 0 Å². The molecule has 0 aromatic carbocycles. The highest BCUT2D eigenvalue weighted by Gasteiger charge is 2.41. The number of hydrogen-bond acceptors (Lipinski definition) is 8. The van der Waals surface area contributed by atoms with Crippen LogP contribution in [0.15, 0.2) is 36.8 Å². The first-order valence-electron chi connectivity index (χ1n) is 11.3. The zero-order valence-electron chi connectivity index (χ0n) is 18.4. The van der Waals surface area contributed by atoms with Gasteiger partial charge in [0.2, 0.25) is 5.95 Å². The second kappa shape index (κ2) is 9.13. The van der Waals surface area contributed by atoms with Crippen LogP contribution in [-0.2, 0) is 36.3 Å². The number of hydrogen-bond donors (Lipinski definition) is 2. The summed E-state index contributed by atoms with van der Waals surface area (Å²) in [5, 5.41) is 12.5. The molecule has 2 aliphatic rings. The number of thiophene rings is 1. The first kappa shape index (κ1) is 21.3. The van der Waals surface area contributed by atoms with Crippen molar-refractivity contribution >= 4 is 17.3 Å². The number of aryl methyl sites for hydroxylation is 1. The van der Waals surface area contributed by atoms with Crippen molar-refractivity contribution in [1.82, 2.24) is 19.9 Å². The van der Waals surface area contributed by atoms with E-state index >= 15 is 0 Å². The number of pyridine rings is 1. The number of nitrogens with zero attached hydrogens (tertiary/aromatic N) is 4. The lowest BCUT2D eigenvalue weighted by atomic mass is 9.82. The van der Waals surface area contributed by atoms with E-state index in [2.05, 4.69) is 38.2 Å². The average molecular weight is 452 g/mol. The van der Waals surface area contributed by atoms with Gasteiger partial charge >= 0.3 is 0 Å². The van der Waals surface area contributed by atoms with E-state index in [4.69, 9.17) is 4.74 Å². The van der Waals surface area contributed by atoms with E-state index in [1.807, 2.05) is 23.7 Å². The molecular weight excluding hydrogens is 422 g/mol. The molecule has 5 heterocycles. The molecule has 0 aliphatic carbocycles. The van der Waals surface area contributed by atoms with Crippen LogP contribution in [0.1, 0.15) is 46.3 Å². The van der Waals surface area contributed by atoms with Gasteiger partial charge in [0.1, 0.15) is 5.75 Å². The van der Waals surface area contributed by atoms with Crippen LogP contribution in [0.5, 0.6) is 5.75 Å². The number of ether oxygens (including phenoxy) is 1. The number of rotatable bonds is 6. The fraction of sp³-hybridized carbons (Fsp3) is 0.458. The van der Waals surface area contributed by atoms with Gasteiger partial charge < -0.3 is 15.2 Å². The Balaban J connectivity index is 1.15. The molecule has 2 N–H and O–H groups in total. The van der Waals surface area contributed by atoms with Crippen LogP contribution in [0.25, 0.3) is 0 Å². The molecule has 1 spiro atoms. The molecule has 3 aromatic rings. The van der Waals surface area contributed by atoms with Crippen LogP contribution in [0.3, 0.4) is 0 Å². The minimum Gasteiger partial charge on any atom is -0.506 e. The summed E-state index contributed by atoms with van der Waals surface area (Å²) in [6.07, 6.45) is 9.48. The Hall–Kier alpha value is -2.55. The van der Waals surface area contributed by atoms with Crippen LogP contribution in [0.2, 0.25) is 0 Å². The minimum absolute atomic E-state index is 0.0828. The number of aromatic hydroxyl groups is 1. The van der Waals surface area contributed by atoms with Crippen molar-refractivity contribution in [3.05, 3.63) is 63.4 Å². The van der Waals surface area contributed by atoms with Gasteiger partial charge in [-0.15, -0.1) is 11.3 Å². The molecule has 3 aromatic heterocycles. The summed E-state index contributed by atoms with van der Waals surface area (Å²) in [6.45, 7) is 6.48. The van der Waals surface area contributed by atoms with Gasteiger partial charge in [0.15, 0.2) is 0 Å². The van der Waals surface area contributed by atoms with Crippen LogP contribution in [0.4, 0.5) is 5.95 Å². The Bertz CT molecular complexity index is 1040. The van der Waals surface area contributed by atoms with Crippen molar-refractivity contribution in [2.75, 3.05) is 25.0 Å². The Labute approximate surface area is 192 Å². The van der Waals surface area contributed by atoms with E-state index in [0.717, 1.165) is 63.2 Å². The second-order valence-electron chi connectivity index (χ2n) is 8.55. The van der Waals surface area contributed by atoms with Crippen LogP contribution < -0.4 is 5.32 Å². The van der Waals surface area contributed by atoms with Gasteiger partial charge in [-0.3, -0.25) is 9.88 Å². The summed E-state index contributed by atoms with van der Waals surface area (Å²) in [7, 11) is 0. The molecule has 32 heavy (non-hydrogen) atoms. The van der Waals surface area contributed by atoms with Gasteiger partial charge in [0.25, 0.3) is 0 Å². The number of fused-ring (bicyclic) bond motifs is 2. The van der Waals surface area contributed by atoms with Gasteiger partial charge in [0, 0.05) is 53.8 Å². The molecular formula is C24H29N5O2S. The molecule has 2 aliphatic heterocycles. The molecule has 0 unspecified atom stereocenters. The molecule has 7 nitrogen and oxygen atoms in total. The highest BCUT2D eigenvalue weighted by molar-refractivity contribution is 7.12. The molecule has 0 amide bonds. The lowest BCUT2D eigenvalue weighted by Crippen LogP contribution is -2.45. The Morgan fingerprint density at radius 3 is 2.69 bits per heavy atom. The van der Waals surface area contributed by atoms with Gasteiger partial charge in [-0.25, -0.2) is 9.97 Å². The zero-order valence-corrected chi connectivity index (χ0v) is 19.2. The van der Waals surface area contributed by atoms with E-state index in [-0.39, 0.29) is 11.4 Å². The van der Waals surface area contributed by atoms with Gasteiger partial charge in [-0.05, 0) is 43.0 Å². The number of nitrogens with one attached hydrogen (secondary N) is 1. The topological polar surface area (TPSA) is 83.4 Å². The Kier molecular flexibility index (Phi) is 6.08. The van der Waals surface area contributed by atoms with Gasteiger partial charge in [-0.2, -0.15) is 0 Å². The van der Waals surface area contributed by atoms with E-state index in [1.165, 1.54) is 16.6 Å². The van der Waals surface area contributed by atoms with Gasteiger partial charge in [-0.1, -0.05) is 6.92 Å². The third-order valence-corrected chi connectivity index (χ3v) is 7.76. The molecule has 0 radical (unpaired) electrons. The molecule has 5 rings (SSSR count). The summed E-state index contributed by atoms with van der Waals surface area (Å²) in [5.41, 5.74) is 3.32. The lowest BCUT2D eigenvalue weighted by molar-refractivity contribution is -0.0981. The molecule has 1 fully saturated rings. The summed E-state index contributed by atoms with van der Waals surface area (Å²) >= 11 is 1.98. The van der Waals surface area contributed by atoms with Crippen molar-refractivity contribution < 1.29 is 9.84 Å². The fourth-order valence-electron chi connectivity index (χ4n) is 4.61. The summed E-state index contributed by atoms with van der Waals surface area (Å²) < 4.78 is 6.40.